The highest BCUT2D eigenvalue weighted by molar-refractivity contribution is 6.35. The molecule has 0 aliphatic rings. The number of nitrogen functional groups attached to an aromatic ring is 1. The zero-order valence-electron chi connectivity index (χ0n) is 5.38. The van der Waals surface area contributed by atoms with Crippen LogP contribution in [0.3, 0.4) is 0 Å². The molecule has 0 heterocycles. The summed E-state index contributed by atoms with van der Waals surface area (Å²) >= 11 is 11.2. The van der Waals surface area contributed by atoms with Gasteiger partial charge in [0.05, 0.1) is 0 Å². The summed E-state index contributed by atoms with van der Waals surface area (Å²) in [5, 5.41) is 1.14. The van der Waals surface area contributed by atoms with Gasteiger partial charge in [-0.15, -0.1) is 24.8 Å². The first-order valence-electron chi connectivity index (χ1n) is 2.40. The molecule has 0 unspecified atom stereocenters. The number of nitrogens with two attached hydrogens (primary N) is 1. The summed E-state index contributed by atoms with van der Waals surface area (Å²) in [6, 6.07) is 4.93. The van der Waals surface area contributed by atoms with E-state index in [1.807, 2.05) is 0 Å². The third-order valence-electron chi connectivity index (χ3n) is 0.885. The van der Waals surface area contributed by atoms with Gasteiger partial charge in [0.25, 0.3) is 0 Å². The largest absolute Gasteiger partial charge is 0.399 e. The van der Waals surface area contributed by atoms with Crippen LogP contribution in [0.15, 0.2) is 18.2 Å². The van der Waals surface area contributed by atoms with E-state index in [2.05, 4.69) is 0 Å². The Morgan fingerprint density at radius 3 is 1.55 bits per heavy atom. The van der Waals surface area contributed by atoms with E-state index < -0.39 is 0 Å². The van der Waals surface area contributed by atoms with Crippen molar-refractivity contribution in [1.82, 2.24) is 0 Å². The van der Waals surface area contributed by atoms with Gasteiger partial charge >= 0.3 is 0 Å². The lowest BCUT2D eigenvalue weighted by atomic mass is 10.3. The minimum Gasteiger partial charge on any atom is -0.399 e. The molecule has 0 saturated carbocycles. The predicted molar refractivity (Wildman–Crippen MR) is 55.4 cm³/mol. The number of hydrogen-bond donors (Lipinski definition) is 1. The Bertz CT molecular complexity index is 175. The van der Waals surface area contributed by atoms with Gasteiger partial charge in [0.1, 0.15) is 0 Å². The maximum absolute atomic E-state index is 5.59. The van der Waals surface area contributed by atoms with Crippen LogP contribution in [-0.4, -0.2) is 0 Å². The van der Waals surface area contributed by atoms with Crippen molar-refractivity contribution in [1.29, 1.82) is 0 Å². The van der Waals surface area contributed by atoms with E-state index in [1.165, 1.54) is 0 Å². The van der Waals surface area contributed by atoms with E-state index in [1.54, 1.807) is 18.2 Å². The Balaban J connectivity index is 0. The van der Waals surface area contributed by atoms with Gasteiger partial charge in [0.2, 0.25) is 0 Å². The lowest BCUT2D eigenvalue weighted by molar-refractivity contribution is 1.68. The topological polar surface area (TPSA) is 26.0 Å². The van der Waals surface area contributed by atoms with Crippen molar-refractivity contribution in [3.05, 3.63) is 28.2 Å². The summed E-state index contributed by atoms with van der Waals surface area (Å²) in [6.45, 7) is 0. The molecule has 0 aliphatic heterocycles. The van der Waals surface area contributed by atoms with Crippen LogP contribution in [0.2, 0.25) is 10.0 Å². The summed E-state index contributed by atoms with van der Waals surface area (Å²) in [5.41, 5.74) is 5.98. The van der Waals surface area contributed by atoms with E-state index in [0.29, 0.717) is 15.7 Å². The van der Waals surface area contributed by atoms with Crippen molar-refractivity contribution in [3.8, 4) is 0 Å². The smallest absolute Gasteiger partial charge is 0.0441 e. The highest BCUT2D eigenvalue weighted by Crippen LogP contribution is 2.19. The second-order valence-electron chi connectivity index (χ2n) is 1.70. The van der Waals surface area contributed by atoms with Crippen molar-refractivity contribution >= 4 is 53.7 Å². The Labute approximate surface area is 87.7 Å². The van der Waals surface area contributed by atoms with Gasteiger partial charge in [0.15, 0.2) is 0 Å². The van der Waals surface area contributed by atoms with Crippen molar-refractivity contribution in [2.75, 3.05) is 5.73 Å². The molecule has 2 N–H and O–H groups in total. The first-order chi connectivity index (χ1) is 4.18. The molecule has 0 atom stereocenters. The maximum Gasteiger partial charge on any atom is 0.0441 e. The second-order valence-corrected chi connectivity index (χ2v) is 2.58. The molecule has 0 spiro atoms. The van der Waals surface area contributed by atoms with Crippen LogP contribution in [0.25, 0.3) is 0 Å². The zero-order chi connectivity index (χ0) is 6.85. The van der Waals surface area contributed by atoms with Crippen molar-refractivity contribution in [2.24, 2.45) is 0 Å². The molecule has 0 aliphatic carbocycles. The molecular formula is C6H7Cl4N. The molecule has 0 fully saturated rings. The van der Waals surface area contributed by atoms with E-state index in [0.717, 1.165) is 0 Å². The molecule has 0 radical (unpaired) electrons. The van der Waals surface area contributed by atoms with Gasteiger partial charge in [-0.25, -0.2) is 0 Å². The summed E-state index contributed by atoms with van der Waals surface area (Å²) in [7, 11) is 0. The molecule has 1 rings (SSSR count). The minimum absolute atomic E-state index is 0. The highest BCUT2D eigenvalue weighted by atomic mass is 35.5. The maximum atomic E-state index is 5.59. The average Bonchev–Trinajstić information content (AvgIpc) is 1.59. The predicted octanol–water partition coefficient (Wildman–Crippen LogP) is 3.42. The Kier molecular flexibility index (Phi) is 7.23. The minimum atomic E-state index is 0. The van der Waals surface area contributed by atoms with Crippen LogP contribution in [0.1, 0.15) is 0 Å². The van der Waals surface area contributed by atoms with Gasteiger partial charge in [0, 0.05) is 15.7 Å². The van der Waals surface area contributed by atoms with E-state index in [9.17, 15) is 0 Å². The number of rotatable bonds is 0. The van der Waals surface area contributed by atoms with Crippen molar-refractivity contribution in [2.45, 2.75) is 0 Å². The molecule has 1 nitrogen and oxygen atoms in total. The summed E-state index contributed by atoms with van der Waals surface area (Å²) in [4.78, 5) is 0. The first-order valence-corrected chi connectivity index (χ1v) is 3.15. The Morgan fingerprint density at radius 2 is 1.27 bits per heavy atom. The van der Waals surface area contributed by atoms with Gasteiger partial charge < -0.3 is 5.73 Å². The third kappa shape index (κ3) is 4.59. The van der Waals surface area contributed by atoms with E-state index in [4.69, 9.17) is 28.9 Å². The molecule has 64 valence electrons. The quantitative estimate of drug-likeness (QED) is 0.685. The van der Waals surface area contributed by atoms with Gasteiger partial charge in [-0.05, 0) is 18.2 Å². The molecule has 1 aromatic carbocycles. The molecule has 0 bridgehead atoms. The summed E-state index contributed by atoms with van der Waals surface area (Å²) < 4.78 is 0. The summed E-state index contributed by atoms with van der Waals surface area (Å²) in [6.07, 6.45) is 0. The average molecular weight is 235 g/mol. The second kappa shape index (κ2) is 5.78. The summed E-state index contributed by atoms with van der Waals surface area (Å²) in [5.74, 6) is 0. The molecule has 11 heavy (non-hydrogen) atoms. The molecule has 1 aromatic rings. The monoisotopic (exact) mass is 233 g/mol. The first kappa shape index (κ1) is 13.7. The van der Waals surface area contributed by atoms with Crippen LogP contribution in [0, 0.1) is 0 Å². The fraction of sp³-hybridized carbons (Fsp3) is 0. The third-order valence-corrected chi connectivity index (χ3v) is 1.32. The van der Waals surface area contributed by atoms with Crippen molar-refractivity contribution < 1.29 is 0 Å². The number of halogens is 4. The normalized spacial score (nSPS) is 7.82. The van der Waals surface area contributed by atoms with Crippen LogP contribution in [0.5, 0.6) is 0 Å². The van der Waals surface area contributed by atoms with Gasteiger partial charge in [-0.3, -0.25) is 0 Å². The Morgan fingerprint density at radius 1 is 0.909 bits per heavy atom. The number of anilines is 1. The molecule has 0 aromatic heterocycles. The van der Waals surface area contributed by atoms with E-state index in [-0.39, 0.29) is 24.8 Å². The van der Waals surface area contributed by atoms with Crippen LogP contribution in [-0.2, 0) is 0 Å². The van der Waals surface area contributed by atoms with Gasteiger partial charge in [-0.1, -0.05) is 23.2 Å². The highest BCUT2D eigenvalue weighted by Gasteiger charge is 1.91. The fourth-order valence-electron chi connectivity index (χ4n) is 0.575. The molecule has 0 saturated heterocycles. The molecule has 5 heteroatoms. The Hall–Kier alpha value is 0.180. The fourth-order valence-corrected chi connectivity index (χ4v) is 1.12. The standard InChI is InChI=1S/C6H5Cl2N.2ClH/c7-4-1-5(8)3-6(9)2-4;;/h1-3H,9H2;2*1H. The number of benzene rings is 1. The lowest BCUT2D eigenvalue weighted by Crippen LogP contribution is -1.82. The van der Waals surface area contributed by atoms with Gasteiger partial charge in [-0.2, -0.15) is 0 Å². The molecule has 0 amide bonds. The molecular weight excluding hydrogens is 228 g/mol. The zero-order valence-corrected chi connectivity index (χ0v) is 8.53. The van der Waals surface area contributed by atoms with Crippen LogP contribution in [0.4, 0.5) is 5.69 Å². The van der Waals surface area contributed by atoms with E-state index >= 15 is 0 Å². The lowest BCUT2D eigenvalue weighted by Gasteiger charge is -1.93. The van der Waals surface area contributed by atoms with Crippen LogP contribution >= 0.6 is 48.0 Å². The SMILES string of the molecule is Cl.Cl.Nc1cc(Cl)cc(Cl)c1. The number of hydrogen-bond acceptors (Lipinski definition) is 1. The van der Waals surface area contributed by atoms with Crippen LogP contribution < -0.4 is 5.73 Å². The van der Waals surface area contributed by atoms with Crippen molar-refractivity contribution in [3.63, 3.8) is 0 Å².